The van der Waals surface area contributed by atoms with E-state index in [4.69, 9.17) is 4.74 Å². The highest BCUT2D eigenvalue weighted by atomic mass is 32.2. The number of rotatable bonds is 10. The first-order valence-corrected chi connectivity index (χ1v) is 15.5. The molecular formula is C31H41N5O4S. The van der Waals surface area contributed by atoms with Crippen molar-refractivity contribution in [3.8, 4) is 17.1 Å². The summed E-state index contributed by atoms with van der Waals surface area (Å²) in [7, 11) is -4.07. The summed E-state index contributed by atoms with van der Waals surface area (Å²) < 4.78 is 35.4. The van der Waals surface area contributed by atoms with Crippen LogP contribution in [0.4, 0.5) is 5.95 Å². The summed E-state index contributed by atoms with van der Waals surface area (Å²) in [6, 6.07) is 13.8. The van der Waals surface area contributed by atoms with Gasteiger partial charge in [0.1, 0.15) is 6.61 Å². The van der Waals surface area contributed by atoms with Gasteiger partial charge in [0.25, 0.3) is 10.0 Å². The highest BCUT2D eigenvalue weighted by molar-refractivity contribution is 7.92. The van der Waals surface area contributed by atoms with Crippen LogP contribution in [0.1, 0.15) is 55.6 Å². The molecule has 0 saturated carbocycles. The molecule has 1 atom stereocenters. The molecule has 41 heavy (non-hydrogen) atoms. The summed E-state index contributed by atoms with van der Waals surface area (Å²) in [6.45, 7) is 16.1. The number of nitrogens with one attached hydrogen (secondary N) is 2. The summed E-state index contributed by atoms with van der Waals surface area (Å²) in [5.41, 5.74) is 4.00. The van der Waals surface area contributed by atoms with Gasteiger partial charge in [-0.2, -0.15) is 4.98 Å². The molecule has 3 aromatic rings. The number of nitrogens with zero attached hydrogens (tertiary/aromatic N) is 3. The van der Waals surface area contributed by atoms with Crippen LogP contribution in [0.25, 0.3) is 11.3 Å². The molecule has 4 rings (SSSR count). The number of anilines is 1. The normalized spacial score (nSPS) is 16.4. The average molecular weight is 580 g/mol. The van der Waals surface area contributed by atoms with Gasteiger partial charge in [-0.05, 0) is 62.4 Å². The first-order chi connectivity index (χ1) is 19.3. The van der Waals surface area contributed by atoms with Crippen molar-refractivity contribution < 1.29 is 17.9 Å². The zero-order valence-electron chi connectivity index (χ0n) is 24.8. The molecule has 1 aromatic heterocycles. The molecule has 2 N–H and O–H groups in total. The number of aryl methyl sites for hydroxylation is 2. The van der Waals surface area contributed by atoms with Crippen molar-refractivity contribution in [2.45, 2.75) is 58.9 Å². The molecule has 0 aliphatic carbocycles. The van der Waals surface area contributed by atoms with E-state index < -0.39 is 10.0 Å². The minimum absolute atomic E-state index is 0.0449. The quantitative estimate of drug-likeness (QED) is 0.328. The van der Waals surface area contributed by atoms with Gasteiger partial charge in [-0.15, -0.1) is 0 Å². The van der Waals surface area contributed by atoms with Crippen LogP contribution < -0.4 is 14.8 Å². The Morgan fingerprint density at radius 3 is 2.49 bits per heavy atom. The number of carbonyl (C=O) groups is 1. The maximum Gasteiger partial charge on any atom is 0.264 e. The number of sulfonamides is 1. The predicted molar refractivity (Wildman–Crippen MR) is 162 cm³/mol. The fourth-order valence-electron chi connectivity index (χ4n) is 4.87. The van der Waals surface area contributed by atoms with Gasteiger partial charge < -0.3 is 10.1 Å². The molecule has 0 radical (unpaired) electrons. The molecular weight excluding hydrogens is 538 g/mol. The van der Waals surface area contributed by atoms with Gasteiger partial charge in [-0.25, -0.2) is 18.1 Å². The lowest BCUT2D eigenvalue weighted by Crippen LogP contribution is -2.54. The van der Waals surface area contributed by atoms with E-state index in [1.54, 1.807) is 12.1 Å². The first kappa shape index (κ1) is 30.6. The molecule has 1 aliphatic heterocycles. The maximum absolute atomic E-state index is 13.3. The summed E-state index contributed by atoms with van der Waals surface area (Å²) in [5, 5.41) is 3.45. The molecule has 1 unspecified atom stereocenters. The van der Waals surface area contributed by atoms with Crippen LogP contribution in [-0.4, -0.2) is 67.9 Å². The molecule has 9 nitrogen and oxygen atoms in total. The zero-order valence-corrected chi connectivity index (χ0v) is 25.6. The molecule has 0 bridgehead atoms. The average Bonchev–Trinajstić information content (AvgIpc) is 2.90. The minimum atomic E-state index is -4.07. The van der Waals surface area contributed by atoms with Gasteiger partial charge in [0.2, 0.25) is 11.8 Å². The van der Waals surface area contributed by atoms with Crippen molar-refractivity contribution >= 4 is 21.8 Å². The van der Waals surface area contributed by atoms with E-state index in [1.165, 1.54) is 25.1 Å². The molecule has 2 heterocycles. The lowest BCUT2D eigenvalue weighted by molar-refractivity contribution is 0.0971. The minimum Gasteiger partial charge on any atom is -0.476 e. The van der Waals surface area contributed by atoms with E-state index in [0.29, 0.717) is 17.9 Å². The highest BCUT2D eigenvalue weighted by Gasteiger charge is 2.25. The molecule has 0 spiro atoms. The standard InChI is InChI=1S/C31H41N5O4S/c1-21-9-7-10-22(2)29(21)27-18-28(40-20-25-19-32-14-16-36(25)15-13-31(4,5)6)34-30(33-27)35-41(38,39)26-12-8-11-24(17-26)23(3)37/h7-12,17-18,25,32H,13-16,19-20H2,1-6H3,(H,33,34,35). The Labute approximate surface area is 243 Å². The monoisotopic (exact) mass is 579 g/mol. The third-order valence-corrected chi connectivity index (χ3v) is 8.59. The zero-order chi connectivity index (χ0) is 29.8. The number of hydrogen-bond acceptors (Lipinski definition) is 8. The lowest BCUT2D eigenvalue weighted by Gasteiger charge is -2.37. The topological polar surface area (TPSA) is 114 Å². The van der Waals surface area contributed by atoms with Gasteiger partial charge in [-0.3, -0.25) is 9.69 Å². The third kappa shape index (κ3) is 8.12. The Morgan fingerprint density at radius 2 is 1.80 bits per heavy atom. The van der Waals surface area contributed by atoms with Crippen LogP contribution in [0.3, 0.4) is 0 Å². The van der Waals surface area contributed by atoms with E-state index in [1.807, 2.05) is 32.0 Å². The summed E-state index contributed by atoms with van der Waals surface area (Å²) in [4.78, 5) is 23.3. The van der Waals surface area contributed by atoms with Gasteiger partial charge in [0.05, 0.1) is 16.6 Å². The number of carbonyl (C=O) groups excluding carboxylic acids is 1. The Kier molecular flexibility index (Phi) is 9.46. The van der Waals surface area contributed by atoms with Crippen molar-refractivity contribution in [1.82, 2.24) is 20.2 Å². The van der Waals surface area contributed by atoms with E-state index in [9.17, 15) is 13.2 Å². The number of ketones is 1. The van der Waals surface area contributed by atoms with Gasteiger partial charge in [0.15, 0.2) is 5.78 Å². The molecule has 2 aromatic carbocycles. The van der Waals surface area contributed by atoms with E-state index >= 15 is 0 Å². The number of ether oxygens (including phenoxy) is 1. The Balaban J connectivity index is 1.65. The van der Waals surface area contributed by atoms with Crippen LogP contribution in [0.15, 0.2) is 53.4 Å². The molecule has 1 fully saturated rings. The van der Waals surface area contributed by atoms with E-state index in [2.05, 4.69) is 45.7 Å². The smallest absolute Gasteiger partial charge is 0.264 e. The molecule has 0 amide bonds. The number of Topliss-reactive ketones (excluding diaryl/α,β-unsaturated/α-hetero) is 1. The largest absolute Gasteiger partial charge is 0.476 e. The van der Waals surface area contributed by atoms with Crippen LogP contribution in [-0.2, 0) is 10.0 Å². The number of benzene rings is 2. The molecule has 10 heteroatoms. The second-order valence-electron chi connectivity index (χ2n) is 11.9. The lowest BCUT2D eigenvalue weighted by atomic mass is 9.92. The van der Waals surface area contributed by atoms with Crippen molar-refractivity contribution in [3.63, 3.8) is 0 Å². The maximum atomic E-state index is 13.3. The Morgan fingerprint density at radius 1 is 1.10 bits per heavy atom. The van der Waals surface area contributed by atoms with Gasteiger partial charge >= 0.3 is 0 Å². The number of hydrogen-bond donors (Lipinski definition) is 2. The van der Waals surface area contributed by atoms with Crippen LogP contribution >= 0.6 is 0 Å². The van der Waals surface area contributed by atoms with Crippen LogP contribution in [0, 0.1) is 19.3 Å². The fraction of sp³-hybridized carbons (Fsp3) is 0.452. The highest BCUT2D eigenvalue weighted by Crippen LogP contribution is 2.30. The van der Waals surface area contributed by atoms with Gasteiger partial charge in [0, 0.05) is 36.8 Å². The van der Waals surface area contributed by atoms with Crippen LogP contribution in [0.5, 0.6) is 5.88 Å². The van der Waals surface area contributed by atoms with Crippen molar-refractivity contribution in [3.05, 3.63) is 65.2 Å². The fourth-order valence-corrected chi connectivity index (χ4v) is 5.86. The predicted octanol–water partition coefficient (Wildman–Crippen LogP) is 4.85. The molecule has 1 saturated heterocycles. The summed E-state index contributed by atoms with van der Waals surface area (Å²) >= 11 is 0. The van der Waals surface area contributed by atoms with Crippen molar-refractivity contribution in [2.24, 2.45) is 5.41 Å². The Bertz CT molecular complexity index is 1480. The molecule has 1 aliphatic rings. The Hall–Kier alpha value is -3.34. The van der Waals surface area contributed by atoms with Crippen molar-refractivity contribution in [2.75, 3.05) is 37.5 Å². The molecule has 220 valence electrons. The van der Waals surface area contributed by atoms with Gasteiger partial charge in [-0.1, -0.05) is 51.1 Å². The van der Waals surface area contributed by atoms with Crippen LogP contribution in [0.2, 0.25) is 0 Å². The third-order valence-electron chi connectivity index (χ3n) is 7.26. The van der Waals surface area contributed by atoms with E-state index in [-0.39, 0.29) is 34.0 Å². The number of aromatic nitrogens is 2. The first-order valence-electron chi connectivity index (χ1n) is 14.0. The SMILES string of the molecule is CC(=O)c1cccc(S(=O)(=O)Nc2nc(OCC3CNCCN3CCC(C)(C)C)cc(-c3c(C)cccc3C)n2)c1. The van der Waals surface area contributed by atoms with E-state index in [0.717, 1.165) is 49.3 Å². The summed E-state index contributed by atoms with van der Waals surface area (Å²) in [5.74, 6) is -0.0336. The number of piperazine rings is 1. The summed E-state index contributed by atoms with van der Waals surface area (Å²) in [6.07, 6.45) is 1.07. The van der Waals surface area contributed by atoms with Crippen molar-refractivity contribution in [1.29, 1.82) is 0 Å². The second kappa shape index (κ2) is 12.7. The second-order valence-corrected chi connectivity index (χ2v) is 13.6.